The first-order valence-electron chi connectivity index (χ1n) is 11.3. The van der Waals surface area contributed by atoms with E-state index >= 15 is 0 Å². The molecule has 166 valence electrons. The Kier molecular flexibility index (Phi) is 5.87. The Morgan fingerprint density at radius 1 is 1.09 bits per heavy atom. The van der Waals surface area contributed by atoms with Gasteiger partial charge in [-0.05, 0) is 80.0 Å². The van der Waals surface area contributed by atoms with E-state index in [0.717, 1.165) is 24.8 Å². The average Bonchev–Trinajstić information content (AvgIpc) is 3.19. The number of anilines is 1. The zero-order chi connectivity index (χ0) is 22.1. The van der Waals surface area contributed by atoms with E-state index in [9.17, 15) is 9.18 Å². The number of halogens is 1. The maximum atomic E-state index is 13.7. The molecule has 3 aromatic rings. The highest BCUT2D eigenvalue weighted by atomic mass is 32.1. The summed E-state index contributed by atoms with van der Waals surface area (Å²) >= 11 is 1.84. The van der Waals surface area contributed by atoms with Crippen molar-refractivity contribution < 1.29 is 13.9 Å². The molecule has 2 amide bonds. The van der Waals surface area contributed by atoms with Crippen LogP contribution in [0, 0.1) is 5.82 Å². The summed E-state index contributed by atoms with van der Waals surface area (Å²) in [7, 11) is 0. The normalized spacial score (nSPS) is 17.4. The molecule has 0 saturated carbocycles. The van der Waals surface area contributed by atoms with E-state index in [2.05, 4.69) is 5.32 Å². The number of amides is 2. The van der Waals surface area contributed by atoms with E-state index in [4.69, 9.17) is 4.74 Å². The van der Waals surface area contributed by atoms with Gasteiger partial charge in [0.25, 0.3) is 0 Å². The monoisotopic (exact) mass is 450 g/mol. The smallest absolute Gasteiger partial charge is 0.322 e. The Bertz CT molecular complexity index is 1130. The summed E-state index contributed by atoms with van der Waals surface area (Å²) in [6.45, 7) is 3.08. The van der Waals surface area contributed by atoms with Gasteiger partial charge in [0.1, 0.15) is 11.6 Å². The molecule has 2 aromatic carbocycles. The molecule has 2 aliphatic rings. The van der Waals surface area contributed by atoms with Crippen molar-refractivity contribution in [1.82, 2.24) is 4.90 Å². The molecule has 1 atom stereocenters. The third-order valence-corrected chi connectivity index (χ3v) is 7.74. The third kappa shape index (κ3) is 3.88. The maximum Gasteiger partial charge on any atom is 0.322 e. The van der Waals surface area contributed by atoms with E-state index in [1.54, 1.807) is 0 Å². The molecule has 0 radical (unpaired) electrons. The summed E-state index contributed by atoms with van der Waals surface area (Å²) in [5.41, 5.74) is 4.52. The summed E-state index contributed by atoms with van der Waals surface area (Å²) in [6.07, 6.45) is 5.57. The van der Waals surface area contributed by atoms with Crippen molar-refractivity contribution in [2.45, 2.75) is 45.1 Å². The zero-order valence-electron chi connectivity index (χ0n) is 18.2. The SMILES string of the molecule is CCOc1ccccc1NC(=O)N1CCc2c(sc3c2CCCC3)C1c1ccc(F)cc1. The van der Waals surface area contributed by atoms with Gasteiger partial charge >= 0.3 is 6.03 Å². The first-order valence-corrected chi connectivity index (χ1v) is 12.2. The van der Waals surface area contributed by atoms with Crippen molar-refractivity contribution in [1.29, 1.82) is 0 Å². The fraction of sp³-hybridized carbons (Fsp3) is 0.346. The van der Waals surface area contributed by atoms with E-state index in [-0.39, 0.29) is 17.9 Å². The predicted molar refractivity (Wildman–Crippen MR) is 126 cm³/mol. The van der Waals surface area contributed by atoms with Crippen LogP contribution in [0.1, 0.15) is 52.3 Å². The van der Waals surface area contributed by atoms with Crippen LogP contribution in [0.5, 0.6) is 5.75 Å². The molecule has 1 unspecified atom stereocenters. The number of nitrogens with one attached hydrogen (secondary N) is 1. The van der Waals surface area contributed by atoms with Crippen molar-refractivity contribution in [2.75, 3.05) is 18.5 Å². The minimum Gasteiger partial charge on any atom is -0.492 e. The van der Waals surface area contributed by atoms with Crippen LogP contribution >= 0.6 is 11.3 Å². The number of thiophene rings is 1. The first-order chi connectivity index (χ1) is 15.7. The minimum absolute atomic E-state index is 0.163. The van der Waals surface area contributed by atoms with Crippen molar-refractivity contribution in [3.8, 4) is 5.75 Å². The number of para-hydroxylation sites is 2. The molecule has 1 N–H and O–H groups in total. The average molecular weight is 451 g/mol. The second-order valence-electron chi connectivity index (χ2n) is 8.31. The lowest BCUT2D eigenvalue weighted by Gasteiger charge is -2.36. The lowest BCUT2D eigenvalue weighted by atomic mass is 9.88. The molecule has 0 bridgehead atoms. The molecule has 6 heteroatoms. The van der Waals surface area contributed by atoms with E-state index < -0.39 is 0 Å². The predicted octanol–water partition coefficient (Wildman–Crippen LogP) is 6.34. The molecule has 2 heterocycles. The molecular formula is C26H27FN2O2S. The summed E-state index contributed by atoms with van der Waals surface area (Å²) in [5.74, 6) is 0.392. The molecule has 1 aliphatic carbocycles. The number of rotatable bonds is 4. The zero-order valence-corrected chi connectivity index (χ0v) is 19.0. The summed E-state index contributed by atoms with van der Waals surface area (Å²) in [5, 5.41) is 3.06. The van der Waals surface area contributed by atoms with Crippen LogP contribution in [0.3, 0.4) is 0 Å². The second-order valence-corrected chi connectivity index (χ2v) is 9.45. The standard InChI is InChI=1S/C26H27FN2O2S/c1-2-31-22-9-5-4-8-21(22)28-26(30)29-16-15-20-19-7-3-6-10-23(19)32-25(20)24(29)17-11-13-18(27)14-12-17/h4-5,8-9,11-14,24H,2-3,6-7,10,15-16H2,1H3,(H,28,30). The van der Waals surface area contributed by atoms with Crippen LogP contribution in [-0.2, 0) is 19.3 Å². The Hall–Kier alpha value is -2.86. The topological polar surface area (TPSA) is 41.6 Å². The van der Waals surface area contributed by atoms with Crippen LogP contribution in [0.25, 0.3) is 0 Å². The van der Waals surface area contributed by atoms with Gasteiger partial charge in [-0.25, -0.2) is 9.18 Å². The van der Waals surface area contributed by atoms with E-state index in [0.29, 0.717) is 24.6 Å². The number of benzene rings is 2. The Morgan fingerprint density at radius 2 is 1.88 bits per heavy atom. The van der Waals surface area contributed by atoms with Gasteiger partial charge in [0, 0.05) is 16.3 Å². The Labute approximate surface area is 192 Å². The van der Waals surface area contributed by atoms with E-state index in [1.807, 2.05) is 59.6 Å². The molecule has 1 aliphatic heterocycles. The van der Waals surface area contributed by atoms with Gasteiger partial charge in [0.05, 0.1) is 18.3 Å². The molecule has 0 spiro atoms. The number of ether oxygens (including phenoxy) is 1. The lowest BCUT2D eigenvalue weighted by Crippen LogP contribution is -2.42. The number of nitrogens with zero attached hydrogens (tertiary/aromatic N) is 1. The molecule has 0 saturated heterocycles. The van der Waals surface area contributed by atoms with Gasteiger partial charge in [-0.15, -0.1) is 11.3 Å². The minimum atomic E-state index is -0.267. The molecule has 4 nitrogen and oxygen atoms in total. The molecule has 1 aromatic heterocycles. The molecular weight excluding hydrogens is 423 g/mol. The lowest BCUT2D eigenvalue weighted by molar-refractivity contribution is 0.195. The van der Waals surface area contributed by atoms with Crippen molar-refractivity contribution >= 4 is 23.1 Å². The number of aryl methyl sites for hydroxylation is 1. The Morgan fingerprint density at radius 3 is 2.69 bits per heavy atom. The number of hydrogen-bond acceptors (Lipinski definition) is 3. The molecule has 5 rings (SSSR count). The van der Waals surface area contributed by atoms with Gasteiger partial charge in [0.2, 0.25) is 0 Å². The van der Waals surface area contributed by atoms with Gasteiger partial charge in [-0.2, -0.15) is 0 Å². The van der Waals surface area contributed by atoms with E-state index in [1.165, 1.54) is 45.9 Å². The van der Waals surface area contributed by atoms with Crippen LogP contribution in [0.4, 0.5) is 14.9 Å². The van der Waals surface area contributed by atoms with Crippen molar-refractivity contribution in [3.63, 3.8) is 0 Å². The fourth-order valence-corrected chi connectivity index (χ4v) is 6.47. The number of hydrogen-bond donors (Lipinski definition) is 1. The maximum absolute atomic E-state index is 13.7. The second kappa shape index (κ2) is 8.94. The van der Waals surface area contributed by atoms with Crippen LogP contribution in [0.15, 0.2) is 48.5 Å². The van der Waals surface area contributed by atoms with Crippen LogP contribution in [0.2, 0.25) is 0 Å². The van der Waals surface area contributed by atoms with Crippen LogP contribution < -0.4 is 10.1 Å². The highest BCUT2D eigenvalue weighted by molar-refractivity contribution is 7.12. The highest BCUT2D eigenvalue weighted by Crippen LogP contribution is 2.45. The van der Waals surface area contributed by atoms with Crippen molar-refractivity contribution in [3.05, 3.63) is 80.8 Å². The largest absolute Gasteiger partial charge is 0.492 e. The highest BCUT2D eigenvalue weighted by Gasteiger charge is 2.36. The number of urea groups is 1. The van der Waals surface area contributed by atoms with Gasteiger partial charge < -0.3 is 15.0 Å². The third-order valence-electron chi connectivity index (χ3n) is 6.35. The molecule has 0 fully saturated rings. The summed E-state index contributed by atoms with van der Waals surface area (Å²) < 4.78 is 19.4. The Balaban J connectivity index is 1.52. The summed E-state index contributed by atoms with van der Waals surface area (Å²) in [4.78, 5) is 18.1. The molecule has 32 heavy (non-hydrogen) atoms. The first kappa shape index (κ1) is 21.0. The van der Waals surface area contributed by atoms with Gasteiger partial charge in [-0.1, -0.05) is 24.3 Å². The fourth-order valence-electron chi connectivity index (χ4n) is 4.88. The van der Waals surface area contributed by atoms with Crippen molar-refractivity contribution in [2.24, 2.45) is 0 Å². The number of carbonyl (C=O) groups is 1. The quantitative estimate of drug-likeness (QED) is 0.504. The number of fused-ring (bicyclic) bond motifs is 3. The van der Waals surface area contributed by atoms with Gasteiger partial charge in [0.15, 0.2) is 0 Å². The summed E-state index contributed by atoms with van der Waals surface area (Å²) in [6, 6.07) is 13.7. The van der Waals surface area contributed by atoms with Crippen LogP contribution in [-0.4, -0.2) is 24.1 Å². The van der Waals surface area contributed by atoms with Gasteiger partial charge in [-0.3, -0.25) is 0 Å². The number of carbonyl (C=O) groups excluding carboxylic acids is 1.